The van der Waals surface area contributed by atoms with Crippen molar-refractivity contribution in [1.82, 2.24) is 19.1 Å². The van der Waals surface area contributed by atoms with Crippen molar-refractivity contribution in [2.75, 3.05) is 0 Å². The topological polar surface area (TPSA) is 48.8 Å². The van der Waals surface area contributed by atoms with Crippen molar-refractivity contribution in [1.29, 1.82) is 0 Å². The number of para-hydroxylation sites is 1. The number of imidazole rings is 1. The Morgan fingerprint density at radius 2 is 1.02 bits per heavy atom. The third-order valence-corrected chi connectivity index (χ3v) is 22.2. The second kappa shape index (κ2) is 24.0. The first-order valence-corrected chi connectivity index (χ1v) is 32.7. The van der Waals surface area contributed by atoms with Crippen LogP contribution in [0.3, 0.4) is 0 Å². The molecular formula is C83H71N5OPtSi-2. The fraction of sp³-hybridized carbons (Fsp3) is 0.145. The first kappa shape index (κ1) is 54.4. The molecule has 6 nitrogen and oxygen atoms in total. The van der Waals surface area contributed by atoms with Gasteiger partial charge in [0.25, 0.3) is 6.33 Å². The van der Waals surface area contributed by atoms with E-state index in [0.717, 1.165) is 66.7 Å². The van der Waals surface area contributed by atoms with Crippen LogP contribution in [0.15, 0.2) is 267 Å². The molecule has 0 amide bonds. The van der Waals surface area contributed by atoms with Gasteiger partial charge in [0, 0.05) is 38.5 Å². The molecule has 0 aliphatic carbocycles. The van der Waals surface area contributed by atoms with Gasteiger partial charge in [0.05, 0.1) is 29.4 Å². The van der Waals surface area contributed by atoms with Gasteiger partial charge in [-0.25, -0.2) is 4.98 Å². The van der Waals surface area contributed by atoms with E-state index in [-0.39, 0.29) is 55.0 Å². The van der Waals surface area contributed by atoms with Crippen LogP contribution in [-0.2, 0) is 37.3 Å². The van der Waals surface area contributed by atoms with Crippen LogP contribution in [0.5, 0.6) is 11.5 Å². The minimum atomic E-state index is -3.06. The van der Waals surface area contributed by atoms with Crippen LogP contribution in [0.25, 0.3) is 83.5 Å². The molecule has 0 atom stereocenters. The number of fused-ring (bicyclic) bond motifs is 4. The van der Waals surface area contributed by atoms with Crippen LogP contribution >= 0.6 is 0 Å². The SMILES string of the molecule is [2H]c1c([2H])c([2H])c(-c2ccc3c(c2)n(-c2[c-]c(Oc4[c-]c5c(cc4)c4ccccc4n5-c4cc(C(C)(C)C)ccn4)ccn2)[c-][n+]3-c2c(-c3cccc(C(C)(C)C)c3)cc(C(C)(C)C)cc2-c2cccc([Si](c3ccccc3)(c3ccccc3)c3ccccc3)c2)c([2H])c1[2H].[Pt]. The minimum absolute atomic E-state index is 0. The molecule has 0 N–H and O–H groups in total. The second-order valence-electron chi connectivity index (χ2n) is 26.4. The van der Waals surface area contributed by atoms with Gasteiger partial charge in [-0.3, -0.25) is 14.1 Å². The van der Waals surface area contributed by atoms with Gasteiger partial charge in [0.15, 0.2) is 8.07 Å². The maximum absolute atomic E-state index is 9.22. The van der Waals surface area contributed by atoms with Gasteiger partial charge in [0.2, 0.25) is 0 Å². The molecule has 0 aliphatic rings. The van der Waals surface area contributed by atoms with Crippen molar-refractivity contribution in [3.63, 3.8) is 0 Å². The van der Waals surface area contributed by atoms with Crippen molar-refractivity contribution in [2.24, 2.45) is 0 Å². The molecule has 0 bridgehead atoms. The first-order valence-electron chi connectivity index (χ1n) is 33.2. The number of ether oxygens (including phenoxy) is 1. The summed E-state index contributed by atoms with van der Waals surface area (Å²) in [5, 5.41) is 7.05. The molecular weight excluding hydrogens is 1310 g/mol. The maximum Gasteiger partial charge on any atom is 0.269 e. The Morgan fingerprint density at radius 3 is 1.67 bits per heavy atom. The fourth-order valence-electron chi connectivity index (χ4n) is 12.7. The van der Waals surface area contributed by atoms with Crippen LogP contribution in [0.2, 0.25) is 0 Å². The molecule has 0 fully saturated rings. The Balaban J connectivity index is 0.00000833. The van der Waals surface area contributed by atoms with E-state index in [1.54, 1.807) is 12.3 Å². The maximum atomic E-state index is 9.22. The van der Waals surface area contributed by atoms with E-state index >= 15 is 0 Å². The Bertz CT molecular complexity index is 5180. The van der Waals surface area contributed by atoms with Crippen molar-refractivity contribution >= 4 is 61.7 Å². The molecule has 0 aliphatic heterocycles. The van der Waals surface area contributed by atoms with Crippen LogP contribution < -0.4 is 30.1 Å². The molecule has 8 heteroatoms. The van der Waals surface area contributed by atoms with Crippen LogP contribution in [0, 0.1) is 18.5 Å². The van der Waals surface area contributed by atoms with Gasteiger partial charge in [-0.05, 0) is 122 Å². The van der Waals surface area contributed by atoms with Crippen molar-refractivity contribution in [3.05, 3.63) is 302 Å². The molecule has 91 heavy (non-hydrogen) atoms. The summed E-state index contributed by atoms with van der Waals surface area (Å²) in [6, 6.07) is 84.8. The van der Waals surface area contributed by atoms with Crippen molar-refractivity contribution < 1.29 is 37.2 Å². The third-order valence-electron chi connectivity index (χ3n) is 17.4. The van der Waals surface area contributed by atoms with E-state index in [2.05, 4.69) is 272 Å². The molecule has 14 aromatic rings. The molecule has 0 unspecified atom stereocenters. The smallest absolute Gasteiger partial charge is 0.269 e. The summed E-state index contributed by atoms with van der Waals surface area (Å²) >= 11 is 0. The predicted octanol–water partition coefficient (Wildman–Crippen LogP) is 17.3. The summed E-state index contributed by atoms with van der Waals surface area (Å²) in [6.07, 6.45) is 7.40. The van der Waals surface area contributed by atoms with Gasteiger partial charge < -0.3 is 9.30 Å². The number of hydrogen-bond donors (Lipinski definition) is 0. The molecule has 10 aromatic carbocycles. The third kappa shape index (κ3) is 11.3. The zero-order valence-corrected chi connectivity index (χ0v) is 55.7. The Labute approximate surface area is 557 Å². The van der Waals surface area contributed by atoms with Gasteiger partial charge >= 0.3 is 0 Å². The number of benzene rings is 10. The predicted molar refractivity (Wildman–Crippen MR) is 374 cm³/mol. The minimum Gasteiger partial charge on any atom is -0.522 e. The number of rotatable bonds is 12. The zero-order valence-electron chi connectivity index (χ0n) is 57.5. The van der Waals surface area contributed by atoms with Gasteiger partial charge in [-0.1, -0.05) is 286 Å². The average Bonchev–Trinajstić information content (AvgIpc) is 0.877. The monoisotopic (exact) mass is 1380 g/mol. The number of aromatic nitrogens is 5. The first-order chi connectivity index (χ1) is 45.6. The molecule has 0 radical (unpaired) electrons. The summed E-state index contributed by atoms with van der Waals surface area (Å²) in [5.41, 5.74) is 11.2. The van der Waals surface area contributed by atoms with Crippen molar-refractivity contribution in [3.8, 4) is 62.2 Å². The quantitative estimate of drug-likeness (QED) is 0.0530. The van der Waals surface area contributed by atoms with Crippen molar-refractivity contribution in [2.45, 2.75) is 78.6 Å². The fourth-order valence-corrected chi connectivity index (χ4v) is 17.5. The van der Waals surface area contributed by atoms with E-state index < -0.39 is 26.2 Å². The second-order valence-corrected chi connectivity index (χ2v) is 30.2. The summed E-state index contributed by atoms with van der Waals surface area (Å²) in [4.78, 5) is 9.93. The van der Waals surface area contributed by atoms with E-state index in [4.69, 9.17) is 18.8 Å². The molecule has 450 valence electrons. The van der Waals surface area contributed by atoms with Crippen LogP contribution in [0.1, 0.15) is 85.9 Å². The Kier molecular flexibility index (Phi) is 14.4. The van der Waals surface area contributed by atoms with E-state index in [0.29, 0.717) is 33.9 Å². The molecule has 4 heterocycles. The zero-order chi connectivity index (χ0) is 66.3. The molecule has 0 saturated carbocycles. The number of hydrogen-bond acceptors (Lipinski definition) is 3. The van der Waals surface area contributed by atoms with Crippen LogP contribution in [-0.4, -0.2) is 27.2 Å². The largest absolute Gasteiger partial charge is 0.522 e. The average molecular weight is 1380 g/mol. The normalized spacial score (nSPS) is 12.9. The van der Waals surface area contributed by atoms with Crippen LogP contribution in [0.4, 0.5) is 0 Å². The summed E-state index contributed by atoms with van der Waals surface area (Å²) in [6.45, 7) is 20.1. The Morgan fingerprint density at radius 1 is 0.451 bits per heavy atom. The molecule has 14 rings (SSSR count). The summed E-state index contributed by atoms with van der Waals surface area (Å²) in [5.74, 6) is 1.92. The van der Waals surface area contributed by atoms with E-state index in [1.807, 2.05) is 47.2 Å². The van der Waals surface area contributed by atoms with E-state index in [9.17, 15) is 2.74 Å². The standard InChI is InChI=1S/C83H71N5OSi.Pt/c1-81(2,3)61-30-24-28-59(48-61)72-51-63(83(7,8)9)52-73(60-29-25-37-69(49-60)90(66-31-16-11-17-32-66,67-33-18-12-19-34-67)68-35-20-13-21-36-68)80(72)87-56-86(77-50-58(40-43-75(77)87)57-26-14-10-15-27-57)78-55-65(45-47-84-78)89-64-41-42-71-70-38-22-23-39-74(70)88(76(71)54-64)79-53-62(44-46-85-79)82(4,5)6;/h10-53H,1-9H3;/q-2;/i10D,14D,15D,26D,27D;. The molecule has 4 aromatic heterocycles. The number of nitrogens with zero attached hydrogens (tertiary/aromatic N) is 5. The Hall–Kier alpha value is -9.52. The van der Waals surface area contributed by atoms with Gasteiger partial charge in [-0.15, -0.1) is 17.5 Å². The van der Waals surface area contributed by atoms with Gasteiger partial charge in [-0.2, -0.15) is 18.2 Å². The molecule has 0 spiro atoms. The van der Waals surface area contributed by atoms with E-state index in [1.165, 1.54) is 26.3 Å². The number of pyridine rings is 2. The van der Waals surface area contributed by atoms with Gasteiger partial charge in [0.1, 0.15) is 5.82 Å². The molecule has 0 saturated heterocycles. The summed E-state index contributed by atoms with van der Waals surface area (Å²) in [7, 11) is -3.06. The summed E-state index contributed by atoms with van der Waals surface area (Å²) < 4.78 is 57.5.